The maximum Gasteiger partial charge on any atom is 0.318 e. The number of piperazine rings is 1. The summed E-state index contributed by atoms with van der Waals surface area (Å²) in [5.74, 6) is 0.702. The third-order valence-corrected chi connectivity index (χ3v) is 14.0. The quantitative estimate of drug-likeness (QED) is 0.151. The average Bonchev–Trinajstić information content (AvgIpc) is 3.03. The highest BCUT2D eigenvalue weighted by Gasteiger charge is 2.37. The van der Waals surface area contributed by atoms with E-state index in [0.29, 0.717) is 45.4 Å². The summed E-state index contributed by atoms with van der Waals surface area (Å²) in [7, 11) is -1.83. The number of aromatic nitrogens is 2. The Morgan fingerprint density at radius 1 is 1.09 bits per heavy atom. The number of benzene rings is 2. The van der Waals surface area contributed by atoms with Crippen LogP contribution in [0, 0.1) is 11.3 Å². The zero-order valence-corrected chi connectivity index (χ0v) is 28.4. The summed E-state index contributed by atoms with van der Waals surface area (Å²) in [6.45, 7) is 19.1. The van der Waals surface area contributed by atoms with Crippen LogP contribution in [-0.4, -0.2) is 74.5 Å². The highest BCUT2D eigenvalue weighted by molar-refractivity contribution is 6.74. The van der Waals surface area contributed by atoms with E-state index < -0.39 is 8.32 Å². The highest BCUT2D eigenvalue weighted by atomic mass is 28.4. The summed E-state index contributed by atoms with van der Waals surface area (Å²) in [5.41, 5.74) is 3.25. The monoisotopic (exact) mass is 626 g/mol. The van der Waals surface area contributed by atoms with E-state index in [9.17, 15) is 10.1 Å². The van der Waals surface area contributed by atoms with Crippen molar-refractivity contribution in [3.05, 3.63) is 66.4 Å². The lowest BCUT2D eigenvalue weighted by Crippen LogP contribution is -2.55. The summed E-state index contributed by atoms with van der Waals surface area (Å²) in [6, 6.07) is 17.3. The molecule has 1 amide bonds. The summed E-state index contributed by atoms with van der Waals surface area (Å²) >= 11 is 0. The maximum absolute atomic E-state index is 12.6. The van der Waals surface area contributed by atoms with Gasteiger partial charge in [0, 0.05) is 55.8 Å². The number of carbonyl (C=O) groups excluding carboxylic acids is 1. The first kappa shape index (κ1) is 32.5. The minimum atomic E-state index is -1.83. The Hall–Kier alpha value is -3.94. The number of nitriles is 1. The van der Waals surface area contributed by atoms with Gasteiger partial charge in [-0.2, -0.15) is 15.2 Å². The van der Waals surface area contributed by atoms with Crippen molar-refractivity contribution < 1.29 is 14.0 Å². The SMILES string of the molecule is C=CC(=O)N1CCN(c2nc(OCCCO[Si](C)(C)C(C)(C)C)nc3c2CCN(c2cccc4ccccc24)C3)CC1CC#N. The van der Waals surface area contributed by atoms with Gasteiger partial charge in [0.05, 0.1) is 37.4 Å². The lowest BCUT2D eigenvalue weighted by atomic mass is 10.0. The molecule has 1 atom stereocenters. The van der Waals surface area contributed by atoms with Gasteiger partial charge in [-0.3, -0.25) is 4.79 Å². The van der Waals surface area contributed by atoms with E-state index >= 15 is 0 Å². The van der Waals surface area contributed by atoms with E-state index in [1.807, 2.05) is 0 Å². The van der Waals surface area contributed by atoms with Crippen molar-refractivity contribution in [2.75, 3.05) is 49.2 Å². The van der Waals surface area contributed by atoms with Crippen molar-refractivity contribution in [1.82, 2.24) is 14.9 Å². The predicted molar refractivity (Wildman–Crippen MR) is 182 cm³/mol. The number of fused-ring (bicyclic) bond motifs is 2. The van der Waals surface area contributed by atoms with E-state index in [0.717, 1.165) is 36.5 Å². The Morgan fingerprint density at radius 2 is 1.87 bits per heavy atom. The first-order valence-corrected chi connectivity index (χ1v) is 18.9. The van der Waals surface area contributed by atoms with Crippen LogP contribution < -0.4 is 14.5 Å². The molecule has 0 spiro atoms. The molecule has 1 unspecified atom stereocenters. The Kier molecular flexibility index (Phi) is 9.80. The van der Waals surface area contributed by atoms with Crippen LogP contribution in [0.3, 0.4) is 0 Å². The zero-order valence-electron chi connectivity index (χ0n) is 27.4. The molecule has 0 aliphatic carbocycles. The lowest BCUT2D eigenvalue weighted by Gasteiger charge is -2.42. The van der Waals surface area contributed by atoms with Crippen LogP contribution in [0.15, 0.2) is 55.1 Å². The molecule has 0 saturated carbocycles. The van der Waals surface area contributed by atoms with Gasteiger partial charge in [0.2, 0.25) is 5.91 Å². The molecule has 1 aromatic heterocycles. The average molecular weight is 627 g/mol. The summed E-state index contributed by atoms with van der Waals surface area (Å²) in [5, 5.41) is 12.1. The molecule has 238 valence electrons. The number of ether oxygens (including phenoxy) is 1. The lowest BCUT2D eigenvalue weighted by molar-refractivity contribution is -0.128. The van der Waals surface area contributed by atoms with Gasteiger partial charge in [-0.25, -0.2) is 0 Å². The molecular weight excluding hydrogens is 581 g/mol. The molecule has 1 saturated heterocycles. The Bertz CT molecular complexity index is 1570. The Labute approximate surface area is 268 Å². The molecule has 0 radical (unpaired) electrons. The number of hydrogen-bond donors (Lipinski definition) is 0. The van der Waals surface area contributed by atoms with E-state index in [1.54, 1.807) is 4.90 Å². The van der Waals surface area contributed by atoms with Crippen LogP contribution >= 0.6 is 0 Å². The fourth-order valence-electron chi connectivity index (χ4n) is 5.91. The van der Waals surface area contributed by atoms with Gasteiger partial charge < -0.3 is 23.9 Å². The number of nitrogens with zero attached hydrogens (tertiary/aromatic N) is 6. The fourth-order valence-corrected chi connectivity index (χ4v) is 6.99. The molecule has 2 aromatic carbocycles. The molecule has 2 aliphatic rings. The third-order valence-electron chi connectivity index (χ3n) is 9.49. The Balaban J connectivity index is 1.40. The minimum absolute atomic E-state index is 0.144. The van der Waals surface area contributed by atoms with E-state index in [-0.39, 0.29) is 23.4 Å². The number of hydrogen-bond acceptors (Lipinski definition) is 8. The van der Waals surface area contributed by atoms with Crippen molar-refractivity contribution in [2.45, 2.75) is 70.8 Å². The zero-order chi connectivity index (χ0) is 32.2. The number of amides is 1. The van der Waals surface area contributed by atoms with Gasteiger partial charge in [0.25, 0.3) is 0 Å². The summed E-state index contributed by atoms with van der Waals surface area (Å²) < 4.78 is 12.6. The topological polar surface area (TPSA) is 94.8 Å². The maximum atomic E-state index is 12.6. The van der Waals surface area contributed by atoms with Gasteiger partial charge in [0.15, 0.2) is 8.32 Å². The standard InChI is InChI=1S/C35H46N6O3Si/c1-7-32(42)41-21-20-40(24-27(41)16-18-36)33-29-17-19-39(31-15-10-13-26-12-8-9-14-28(26)31)25-30(29)37-34(38-33)43-22-11-23-44-45(5,6)35(2,3)4/h7-10,12-15,27H,1,11,16-17,19-25H2,2-6H3. The molecule has 45 heavy (non-hydrogen) atoms. The molecule has 9 nitrogen and oxygen atoms in total. The second kappa shape index (κ2) is 13.6. The van der Waals surface area contributed by atoms with Crippen LogP contribution in [0.25, 0.3) is 10.8 Å². The smallest absolute Gasteiger partial charge is 0.318 e. The summed E-state index contributed by atoms with van der Waals surface area (Å²) in [6.07, 6.45) is 3.10. The van der Waals surface area contributed by atoms with Crippen molar-refractivity contribution in [1.29, 1.82) is 5.26 Å². The molecule has 0 bridgehead atoms. The van der Waals surface area contributed by atoms with Crippen molar-refractivity contribution >= 4 is 36.5 Å². The van der Waals surface area contributed by atoms with Gasteiger partial charge in [-0.1, -0.05) is 63.7 Å². The molecule has 2 aliphatic heterocycles. The largest absolute Gasteiger partial charge is 0.463 e. The summed E-state index contributed by atoms with van der Waals surface area (Å²) in [4.78, 5) is 28.8. The van der Waals surface area contributed by atoms with Crippen LogP contribution in [0.2, 0.25) is 18.1 Å². The number of rotatable bonds is 10. The minimum Gasteiger partial charge on any atom is -0.463 e. The van der Waals surface area contributed by atoms with Crippen LogP contribution in [0.4, 0.5) is 11.5 Å². The second-order valence-electron chi connectivity index (χ2n) is 13.4. The van der Waals surface area contributed by atoms with Crippen molar-refractivity contribution in [3.8, 4) is 12.1 Å². The fraction of sp³-hybridized carbons (Fsp3) is 0.486. The van der Waals surface area contributed by atoms with E-state index in [4.69, 9.17) is 19.1 Å². The first-order valence-electron chi connectivity index (χ1n) is 16.0. The molecule has 3 aromatic rings. The second-order valence-corrected chi connectivity index (χ2v) is 18.2. The molecule has 3 heterocycles. The number of anilines is 2. The van der Waals surface area contributed by atoms with Crippen molar-refractivity contribution in [3.63, 3.8) is 0 Å². The molecule has 10 heteroatoms. The van der Waals surface area contributed by atoms with Gasteiger partial charge in [-0.15, -0.1) is 0 Å². The van der Waals surface area contributed by atoms with Gasteiger partial charge in [-0.05, 0) is 42.1 Å². The number of carbonyl (C=O) groups is 1. The van der Waals surface area contributed by atoms with E-state index in [1.165, 1.54) is 22.5 Å². The first-order chi connectivity index (χ1) is 21.5. The highest BCUT2D eigenvalue weighted by Crippen LogP contribution is 2.37. The van der Waals surface area contributed by atoms with Crippen LogP contribution in [0.5, 0.6) is 6.01 Å². The Morgan fingerprint density at radius 3 is 2.62 bits per heavy atom. The molecule has 1 fully saturated rings. The predicted octanol–water partition coefficient (Wildman–Crippen LogP) is 6.10. The molecule has 0 N–H and O–H groups in total. The third kappa shape index (κ3) is 7.15. The van der Waals surface area contributed by atoms with Crippen LogP contribution in [0.1, 0.15) is 44.9 Å². The normalized spacial score (nSPS) is 17.2. The van der Waals surface area contributed by atoms with Gasteiger partial charge in [0.1, 0.15) is 5.82 Å². The van der Waals surface area contributed by atoms with Crippen molar-refractivity contribution in [2.24, 2.45) is 0 Å². The van der Waals surface area contributed by atoms with Crippen LogP contribution in [-0.2, 0) is 22.2 Å². The van der Waals surface area contributed by atoms with Gasteiger partial charge >= 0.3 is 6.01 Å². The molecule has 5 rings (SSSR count). The van der Waals surface area contributed by atoms with E-state index in [2.05, 4.69) is 98.8 Å². The molecular formula is C35H46N6O3Si.